The molecule has 37 heavy (non-hydrogen) atoms. The van der Waals surface area contributed by atoms with Gasteiger partial charge in [-0.15, -0.1) is 0 Å². The van der Waals surface area contributed by atoms with E-state index in [0.717, 1.165) is 33.8 Å². The van der Waals surface area contributed by atoms with Gasteiger partial charge in [-0.2, -0.15) is 0 Å². The Morgan fingerprint density at radius 3 is 1.78 bits per heavy atom. The highest BCUT2D eigenvalue weighted by Crippen LogP contribution is 2.53. The van der Waals surface area contributed by atoms with Gasteiger partial charge in [-0.1, -0.05) is 105 Å². The summed E-state index contributed by atoms with van der Waals surface area (Å²) in [7, 11) is -3.85. The van der Waals surface area contributed by atoms with Gasteiger partial charge >= 0.3 is 0 Å². The molecule has 190 valence electrons. The number of benzene rings is 4. The Labute approximate surface area is 220 Å². The zero-order chi connectivity index (χ0) is 26.3. The minimum atomic E-state index is -3.85. The van der Waals surface area contributed by atoms with Crippen molar-refractivity contribution in [2.45, 2.75) is 50.5 Å². The zero-order valence-electron chi connectivity index (χ0n) is 21.7. The van der Waals surface area contributed by atoms with E-state index in [-0.39, 0.29) is 10.8 Å². The molecule has 1 unspecified atom stereocenters. The first kappa shape index (κ1) is 25.2. The molecule has 0 saturated carbocycles. The van der Waals surface area contributed by atoms with E-state index < -0.39 is 21.0 Å². The third-order valence-electron chi connectivity index (χ3n) is 7.51. The Morgan fingerprint density at radius 2 is 1.24 bits per heavy atom. The lowest BCUT2D eigenvalue weighted by Crippen LogP contribution is -2.55. The molecule has 0 aromatic heterocycles. The molecule has 0 radical (unpaired) electrons. The van der Waals surface area contributed by atoms with Crippen LogP contribution >= 0.6 is 0 Å². The highest BCUT2D eigenvalue weighted by Gasteiger charge is 2.49. The van der Waals surface area contributed by atoms with Gasteiger partial charge in [0.25, 0.3) is 0 Å². The smallest absolute Gasteiger partial charge is 0.241 e. The lowest BCUT2D eigenvalue weighted by atomic mass is 9.64. The summed E-state index contributed by atoms with van der Waals surface area (Å²) in [5.41, 5.74) is 2.65. The minimum Gasteiger partial charge on any atom is -0.457 e. The first-order valence-electron chi connectivity index (χ1n) is 12.6. The van der Waals surface area contributed by atoms with Gasteiger partial charge in [0.15, 0.2) is 0 Å². The van der Waals surface area contributed by atoms with Crippen molar-refractivity contribution in [2.75, 3.05) is 0 Å². The highest BCUT2D eigenvalue weighted by molar-refractivity contribution is 7.89. The number of hydrogen-bond acceptors (Lipinski definition) is 3. The van der Waals surface area contributed by atoms with E-state index in [9.17, 15) is 8.42 Å². The summed E-state index contributed by atoms with van der Waals surface area (Å²) in [5.74, 6) is 1.54. The molecule has 4 nitrogen and oxygen atoms in total. The fourth-order valence-corrected chi connectivity index (χ4v) is 6.95. The number of hydrogen-bond donors (Lipinski definition) is 1. The summed E-state index contributed by atoms with van der Waals surface area (Å²) in [4.78, 5) is 0.260. The Balaban J connectivity index is 1.71. The van der Waals surface area contributed by atoms with Gasteiger partial charge in [-0.3, -0.25) is 0 Å². The van der Waals surface area contributed by atoms with Crippen molar-refractivity contribution in [1.82, 2.24) is 4.72 Å². The maximum atomic E-state index is 14.0. The number of aryl methyl sites for hydroxylation is 1. The largest absolute Gasteiger partial charge is 0.457 e. The maximum Gasteiger partial charge on any atom is 0.241 e. The maximum absolute atomic E-state index is 14.0. The predicted molar refractivity (Wildman–Crippen MR) is 148 cm³/mol. The van der Waals surface area contributed by atoms with Gasteiger partial charge in [0.05, 0.1) is 10.4 Å². The van der Waals surface area contributed by atoms with Crippen molar-refractivity contribution >= 4 is 10.0 Å². The number of nitrogens with one attached hydrogen (secondary N) is 1. The van der Waals surface area contributed by atoms with Crippen LogP contribution in [0.5, 0.6) is 11.5 Å². The van der Waals surface area contributed by atoms with E-state index in [1.165, 1.54) is 0 Å². The van der Waals surface area contributed by atoms with Gasteiger partial charge in [-0.25, -0.2) is 13.1 Å². The van der Waals surface area contributed by atoms with Gasteiger partial charge in [0.1, 0.15) is 11.5 Å². The van der Waals surface area contributed by atoms with Crippen molar-refractivity contribution in [1.29, 1.82) is 0 Å². The van der Waals surface area contributed by atoms with E-state index in [2.05, 4.69) is 37.6 Å². The number of sulfonamides is 1. The highest BCUT2D eigenvalue weighted by atomic mass is 32.2. The van der Waals surface area contributed by atoms with Crippen molar-refractivity contribution in [2.24, 2.45) is 5.41 Å². The summed E-state index contributed by atoms with van der Waals surface area (Å²) in [5, 5.41) is 0. The number of fused-ring (bicyclic) bond motifs is 2. The average molecular weight is 512 g/mol. The summed E-state index contributed by atoms with van der Waals surface area (Å²) in [6.45, 7) is 8.27. The molecule has 0 saturated heterocycles. The molecule has 4 aromatic rings. The van der Waals surface area contributed by atoms with Gasteiger partial charge in [0, 0.05) is 17.0 Å². The van der Waals surface area contributed by atoms with Crippen LogP contribution in [0.1, 0.15) is 55.4 Å². The molecule has 1 aliphatic heterocycles. The van der Waals surface area contributed by atoms with Crippen LogP contribution < -0.4 is 9.46 Å². The minimum absolute atomic E-state index is 0.0821. The fraction of sp³-hybridized carbons (Fsp3) is 0.250. The molecule has 0 fully saturated rings. The lowest BCUT2D eigenvalue weighted by molar-refractivity contribution is 0.144. The number of ether oxygens (including phenoxy) is 1. The van der Waals surface area contributed by atoms with Gasteiger partial charge in [0.2, 0.25) is 10.0 Å². The first-order valence-corrected chi connectivity index (χ1v) is 14.1. The molecule has 1 N–H and O–H groups in total. The molecule has 0 amide bonds. The summed E-state index contributed by atoms with van der Waals surface area (Å²) >= 11 is 0. The molecular formula is C32H33NO3S. The van der Waals surface area contributed by atoms with E-state index in [1.807, 2.05) is 85.8 Å². The van der Waals surface area contributed by atoms with Crippen LogP contribution in [0.25, 0.3) is 0 Å². The van der Waals surface area contributed by atoms with Crippen LogP contribution in [-0.2, 0) is 15.6 Å². The number of rotatable bonds is 6. The second-order valence-electron chi connectivity index (χ2n) is 10.9. The quantitative estimate of drug-likeness (QED) is 0.291. The molecular weight excluding hydrogens is 478 g/mol. The summed E-state index contributed by atoms with van der Waals surface area (Å²) in [6, 6.07) is 33.1. The fourth-order valence-electron chi connectivity index (χ4n) is 5.37. The Bertz CT molecular complexity index is 1460. The molecule has 1 atom stereocenters. The normalized spacial score (nSPS) is 15.2. The third kappa shape index (κ3) is 4.70. The van der Waals surface area contributed by atoms with Gasteiger partial charge < -0.3 is 4.74 Å². The van der Waals surface area contributed by atoms with Crippen LogP contribution in [0, 0.1) is 12.3 Å². The molecule has 0 bridgehead atoms. The van der Waals surface area contributed by atoms with Crippen LogP contribution in [0.4, 0.5) is 0 Å². The Hall–Kier alpha value is -3.41. The van der Waals surface area contributed by atoms with E-state index in [0.29, 0.717) is 6.42 Å². The molecule has 1 aliphatic rings. The van der Waals surface area contributed by atoms with Crippen LogP contribution in [0.3, 0.4) is 0 Å². The Kier molecular flexibility index (Phi) is 6.47. The second-order valence-corrected chi connectivity index (χ2v) is 12.6. The summed E-state index contributed by atoms with van der Waals surface area (Å²) < 4.78 is 37.4. The van der Waals surface area contributed by atoms with Crippen LogP contribution in [0.2, 0.25) is 0 Å². The van der Waals surface area contributed by atoms with E-state index in [4.69, 9.17) is 4.74 Å². The lowest BCUT2D eigenvalue weighted by Gasteiger charge is -2.48. The molecule has 4 aromatic carbocycles. The predicted octanol–water partition coefficient (Wildman–Crippen LogP) is 7.54. The van der Waals surface area contributed by atoms with Gasteiger partial charge in [-0.05, 0) is 48.6 Å². The molecule has 0 aliphatic carbocycles. The SMILES string of the molecule is Cc1ccc(S(=O)(=O)NC(CC2c3ccccc3Oc3ccccc32)(c2ccccc2)C(C)(C)C)cc1. The summed E-state index contributed by atoms with van der Waals surface area (Å²) in [6.07, 6.45) is 0.517. The van der Waals surface area contributed by atoms with Crippen molar-refractivity contribution < 1.29 is 13.2 Å². The molecule has 1 heterocycles. The van der Waals surface area contributed by atoms with Crippen molar-refractivity contribution in [3.05, 3.63) is 125 Å². The first-order chi connectivity index (χ1) is 17.6. The molecule has 0 spiro atoms. The number of para-hydroxylation sites is 2. The van der Waals surface area contributed by atoms with Crippen molar-refractivity contribution in [3.8, 4) is 11.5 Å². The van der Waals surface area contributed by atoms with Crippen LogP contribution in [0.15, 0.2) is 108 Å². The third-order valence-corrected chi connectivity index (χ3v) is 9.02. The van der Waals surface area contributed by atoms with Crippen molar-refractivity contribution in [3.63, 3.8) is 0 Å². The standard InChI is InChI=1S/C32H33NO3S/c1-23-18-20-25(21-19-23)37(34,35)33-32(31(2,3)4,24-12-6-5-7-13-24)22-28-26-14-8-10-16-29(26)36-30-17-11-9-15-27(28)30/h5-21,28,33H,22H2,1-4H3. The zero-order valence-corrected chi connectivity index (χ0v) is 22.5. The Morgan fingerprint density at radius 1 is 0.730 bits per heavy atom. The van der Waals surface area contributed by atoms with E-state index >= 15 is 0 Å². The van der Waals surface area contributed by atoms with Crippen LogP contribution in [-0.4, -0.2) is 8.42 Å². The average Bonchev–Trinajstić information content (AvgIpc) is 2.88. The van der Waals surface area contributed by atoms with E-state index in [1.54, 1.807) is 12.1 Å². The molecule has 5 heteroatoms. The monoisotopic (exact) mass is 511 g/mol. The topological polar surface area (TPSA) is 55.4 Å². The second kappa shape index (κ2) is 9.47. The molecule has 5 rings (SSSR count).